The van der Waals surface area contributed by atoms with E-state index in [-0.39, 0.29) is 16.4 Å². The fraction of sp³-hybridized carbons (Fsp3) is 0. The summed E-state index contributed by atoms with van der Waals surface area (Å²) in [4.78, 5) is -0.139. The van der Waals surface area contributed by atoms with Gasteiger partial charge in [0.15, 0.2) is 0 Å². The van der Waals surface area contributed by atoms with Crippen molar-refractivity contribution in [2.24, 2.45) is 0 Å². The van der Waals surface area contributed by atoms with Gasteiger partial charge in [0.25, 0.3) is 10.0 Å². The minimum Gasteiger partial charge on any atom is -0.383 e. The molecule has 1 aromatic heterocycles. The van der Waals surface area contributed by atoms with Crippen molar-refractivity contribution in [2.45, 2.75) is 4.90 Å². The molecule has 1 heterocycles. The van der Waals surface area contributed by atoms with Gasteiger partial charge in [-0.3, -0.25) is 0 Å². The van der Waals surface area contributed by atoms with Crippen LogP contribution in [0.3, 0.4) is 0 Å². The van der Waals surface area contributed by atoms with Crippen molar-refractivity contribution in [1.82, 2.24) is 9.19 Å². The summed E-state index contributed by atoms with van der Waals surface area (Å²) in [6.45, 7) is 0. The number of benzene rings is 2. The molecular formula is C15H11F2N3O2S. The van der Waals surface area contributed by atoms with E-state index in [9.17, 15) is 17.2 Å². The Morgan fingerprint density at radius 1 is 0.913 bits per heavy atom. The smallest absolute Gasteiger partial charge is 0.284 e. The molecular weight excluding hydrogens is 324 g/mol. The van der Waals surface area contributed by atoms with Crippen LogP contribution in [-0.4, -0.2) is 17.6 Å². The Labute approximate surface area is 131 Å². The van der Waals surface area contributed by atoms with Crippen LogP contribution in [-0.2, 0) is 10.0 Å². The van der Waals surface area contributed by atoms with Crippen LogP contribution in [0, 0.1) is 11.6 Å². The highest BCUT2D eigenvalue weighted by molar-refractivity contribution is 7.90. The zero-order valence-corrected chi connectivity index (χ0v) is 12.5. The van der Waals surface area contributed by atoms with Gasteiger partial charge in [-0.25, -0.2) is 8.78 Å². The number of rotatable bonds is 3. The Balaban J connectivity index is 2.07. The van der Waals surface area contributed by atoms with Crippen molar-refractivity contribution in [3.8, 4) is 11.3 Å². The number of anilines is 1. The van der Waals surface area contributed by atoms with E-state index in [1.54, 1.807) is 0 Å². The second kappa shape index (κ2) is 5.47. The molecule has 0 aliphatic heterocycles. The standard InChI is InChI=1S/C15H11F2N3O2S/c16-11-3-1-10(2-4-11)14-9-15(18)20(19-14)23(21,22)13-7-5-12(17)6-8-13/h1-9H,18H2. The molecule has 0 radical (unpaired) electrons. The predicted octanol–water partition coefficient (Wildman–Crippen LogP) is 2.65. The molecule has 2 aromatic carbocycles. The average Bonchev–Trinajstić information content (AvgIpc) is 2.91. The van der Waals surface area contributed by atoms with Gasteiger partial charge in [0, 0.05) is 11.6 Å². The Morgan fingerprint density at radius 3 is 2.00 bits per heavy atom. The summed E-state index contributed by atoms with van der Waals surface area (Å²) >= 11 is 0. The van der Waals surface area contributed by atoms with Crippen molar-refractivity contribution in [3.63, 3.8) is 0 Å². The van der Waals surface area contributed by atoms with Gasteiger partial charge < -0.3 is 5.73 Å². The van der Waals surface area contributed by atoms with Crippen molar-refractivity contribution < 1.29 is 17.2 Å². The van der Waals surface area contributed by atoms with Gasteiger partial charge in [-0.1, -0.05) is 0 Å². The van der Waals surface area contributed by atoms with Crippen LogP contribution >= 0.6 is 0 Å². The minimum atomic E-state index is -4.04. The topological polar surface area (TPSA) is 78.0 Å². The maximum absolute atomic E-state index is 13.0. The first-order valence-electron chi connectivity index (χ1n) is 6.50. The Bertz CT molecular complexity index is 949. The van der Waals surface area contributed by atoms with Crippen molar-refractivity contribution in [1.29, 1.82) is 0 Å². The van der Waals surface area contributed by atoms with Crippen molar-refractivity contribution in [3.05, 3.63) is 66.2 Å². The second-order valence-corrected chi connectivity index (χ2v) is 6.53. The first-order valence-corrected chi connectivity index (χ1v) is 7.94. The van der Waals surface area contributed by atoms with Crippen molar-refractivity contribution in [2.75, 3.05) is 5.73 Å². The number of aromatic nitrogens is 2. The molecule has 0 bridgehead atoms. The molecule has 0 amide bonds. The van der Waals surface area contributed by atoms with Crippen LogP contribution in [0.5, 0.6) is 0 Å². The van der Waals surface area contributed by atoms with Gasteiger partial charge in [-0.2, -0.15) is 13.5 Å². The molecule has 0 aliphatic carbocycles. The maximum Gasteiger partial charge on any atom is 0.284 e. The highest BCUT2D eigenvalue weighted by Gasteiger charge is 2.22. The van der Waals surface area contributed by atoms with Gasteiger partial charge in [0.05, 0.1) is 10.6 Å². The molecule has 3 rings (SSSR count). The van der Waals surface area contributed by atoms with Crippen LogP contribution in [0.2, 0.25) is 0 Å². The van der Waals surface area contributed by atoms with Crippen LogP contribution < -0.4 is 5.73 Å². The van der Waals surface area contributed by atoms with E-state index in [1.165, 1.54) is 30.3 Å². The Hall–Kier alpha value is -2.74. The van der Waals surface area contributed by atoms with Crippen molar-refractivity contribution >= 4 is 15.8 Å². The SMILES string of the molecule is Nc1cc(-c2ccc(F)cc2)nn1S(=O)(=O)c1ccc(F)cc1. The molecule has 0 saturated carbocycles. The zero-order chi connectivity index (χ0) is 16.6. The molecule has 2 N–H and O–H groups in total. The molecule has 118 valence electrons. The normalized spacial score (nSPS) is 11.6. The maximum atomic E-state index is 13.0. The third-order valence-electron chi connectivity index (χ3n) is 3.18. The summed E-state index contributed by atoms with van der Waals surface area (Å²) in [5.74, 6) is -1.07. The highest BCUT2D eigenvalue weighted by Crippen LogP contribution is 2.24. The fourth-order valence-corrected chi connectivity index (χ4v) is 3.25. The number of hydrogen-bond acceptors (Lipinski definition) is 4. The summed E-state index contributed by atoms with van der Waals surface area (Å²) in [5.41, 5.74) is 6.54. The number of nitrogens with two attached hydrogens (primary N) is 1. The van der Waals surface area contributed by atoms with Gasteiger partial charge in [-0.15, -0.1) is 4.09 Å². The second-order valence-electron chi connectivity index (χ2n) is 4.76. The number of halogens is 2. The van der Waals surface area contributed by atoms with Gasteiger partial charge in [-0.05, 0) is 48.5 Å². The molecule has 23 heavy (non-hydrogen) atoms. The molecule has 0 fully saturated rings. The molecule has 0 saturated heterocycles. The van der Waals surface area contributed by atoms with Gasteiger partial charge in [0.2, 0.25) is 0 Å². The summed E-state index contributed by atoms with van der Waals surface area (Å²) < 4.78 is 51.6. The monoisotopic (exact) mass is 335 g/mol. The van der Waals surface area contributed by atoms with Crippen LogP contribution in [0.4, 0.5) is 14.6 Å². The third-order valence-corrected chi connectivity index (χ3v) is 4.80. The summed E-state index contributed by atoms with van der Waals surface area (Å²) in [7, 11) is -4.04. The quantitative estimate of drug-likeness (QED) is 0.798. The minimum absolute atomic E-state index is 0.103. The van der Waals surface area contributed by atoms with Crippen LogP contribution in [0.1, 0.15) is 0 Å². The molecule has 5 nitrogen and oxygen atoms in total. The average molecular weight is 335 g/mol. The number of nitrogen functional groups attached to an aromatic ring is 1. The zero-order valence-electron chi connectivity index (χ0n) is 11.6. The van der Waals surface area contributed by atoms with E-state index < -0.39 is 21.7 Å². The predicted molar refractivity (Wildman–Crippen MR) is 81.0 cm³/mol. The highest BCUT2D eigenvalue weighted by atomic mass is 32.2. The summed E-state index contributed by atoms with van der Waals surface area (Å²) in [5, 5.41) is 3.97. The summed E-state index contributed by atoms with van der Waals surface area (Å²) in [6, 6.07) is 11.1. The first-order chi connectivity index (χ1) is 10.9. The first kappa shape index (κ1) is 15.2. The third kappa shape index (κ3) is 2.80. The van der Waals surface area contributed by atoms with Gasteiger partial charge >= 0.3 is 0 Å². The molecule has 3 aromatic rings. The molecule has 0 spiro atoms. The van der Waals surface area contributed by atoms with Crippen LogP contribution in [0.15, 0.2) is 59.5 Å². The van der Waals surface area contributed by atoms with E-state index in [1.807, 2.05) is 0 Å². The van der Waals surface area contributed by atoms with E-state index in [0.29, 0.717) is 9.65 Å². The molecule has 0 atom stereocenters. The number of nitrogens with zero attached hydrogens (tertiary/aromatic N) is 2. The molecule has 0 aliphatic rings. The van der Waals surface area contributed by atoms with Crippen LogP contribution in [0.25, 0.3) is 11.3 Å². The Kier molecular flexibility index (Phi) is 3.61. The van der Waals surface area contributed by atoms with E-state index >= 15 is 0 Å². The Morgan fingerprint density at radius 2 is 1.43 bits per heavy atom. The van der Waals surface area contributed by atoms with E-state index in [0.717, 1.165) is 24.3 Å². The largest absolute Gasteiger partial charge is 0.383 e. The lowest BCUT2D eigenvalue weighted by molar-refractivity contribution is 0.580. The van der Waals surface area contributed by atoms with E-state index in [2.05, 4.69) is 5.10 Å². The lowest BCUT2D eigenvalue weighted by Crippen LogP contribution is -2.16. The summed E-state index contributed by atoms with van der Waals surface area (Å²) in [6.07, 6.45) is 0. The lowest BCUT2D eigenvalue weighted by Gasteiger charge is -2.05. The van der Waals surface area contributed by atoms with Gasteiger partial charge in [0.1, 0.15) is 17.5 Å². The number of hydrogen-bond donors (Lipinski definition) is 1. The molecule has 8 heteroatoms. The van der Waals surface area contributed by atoms with E-state index in [4.69, 9.17) is 5.73 Å². The fourth-order valence-electron chi connectivity index (χ4n) is 2.04. The lowest BCUT2D eigenvalue weighted by atomic mass is 10.1. The molecule has 0 unspecified atom stereocenters.